The summed E-state index contributed by atoms with van der Waals surface area (Å²) in [5.41, 5.74) is 0. The molecule has 0 N–H and O–H groups in total. The Labute approximate surface area is 92.6 Å². The highest BCUT2D eigenvalue weighted by Gasteiger charge is 2.13. The fourth-order valence-electron chi connectivity index (χ4n) is 1.88. The zero-order valence-electron chi connectivity index (χ0n) is 9.17. The molecular formula is C11H22ClNO. The maximum Gasteiger partial charge on any atom is 0.0468 e. The lowest BCUT2D eigenvalue weighted by Gasteiger charge is -2.24. The lowest BCUT2D eigenvalue weighted by Crippen LogP contribution is -2.25. The minimum atomic E-state index is 0.779. The van der Waals surface area contributed by atoms with Crippen LogP contribution in [0.4, 0.5) is 0 Å². The Kier molecular flexibility index (Phi) is 6.57. The standard InChI is InChI=1S/C11H22ClNO/c1-13(7-2-6-12)8-3-11-4-9-14-10-5-11/h11H,2-10H2,1H3. The summed E-state index contributed by atoms with van der Waals surface area (Å²) in [6.07, 6.45) is 4.93. The van der Waals surface area contributed by atoms with Crippen LogP contribution >= 0.6 is 11.6 Å². The van der Waals surface area contributed by atoms with E-state index >= 15 is 0 Å². The number of ether oxygens (including phenoxy) is 1. The molecule has 0 aromatic rings. The number of alkyl halides is 1. The van der Waals surface area contributed by atoms with Gasteiger partial charge in [-0.15, -0.1) is 11.6 Å². The van der Waals surface area contributed by atoms with E-state index in [0.717, 1.165) is 38.0 Å². The first-order chi connectivity index (χ1) is 6.83. The molecule has 1 saturated heterocycles. The molecule has 1 heterocycles. The summed E-state index contributed by atoms with van der Waals surface area (Å²) in [5, 5.41) is 0. The van der Waals surface area contributed by atoms with E-state index in [4.69, 9.17) is 16.3 Å². The number of hydrogen-bond acceptors (Lipinski definition) is 2. The van der Waals surface area contributed by atoms with Crippen molar-refractivity contribution in [1.29, 1.82) is 0 Å². The second-order valence-electron chi connectivity index (χ2n) is 4.19. The first kappa shape index (κ1) is 12.3. The monoisotopic (exact) mass is 219 g/mol. The molecule has 1 aliphatic heterocycles. The fourth-order valence-corrected chi connectivity index (χ4v) is 2.00. The molecule has 0 radical (unpaired) electrons. The van der Waals surface area contributed by atoms with E-state index in [2.05, 4.69) is 11.9 Å². The summed E-state index contributed by atoms with van der Waals surface area (Å²) >= 11 is 5.65. The lowest BCUT2D eigenvalue weighted by molar-refractivity contribution is 0.0610. The van der Waals surface area contributed by atoms with Gasteiger partial charge in [0, 0.05) is 19.1 Å². The van der Waals surface area contributed by atoms with Crippen molar-refractivity contribution in [2.75, 3.05) is 39.2 Å². The van der Waals surface area contributed by atoms with Gasteiger partial charge in [0.05, 0.1) is 0 Å². The van der Waals surface area contributed by atoms with Crippen LogP contribution < -0.4 is 0 Å². The summed E-state index contributed by atoms with van der Waals surface area (Å²) in [6.45, 7) is 4.28. The highest BCUT2D eigenvalue weighted by atomic mass is 35.5. The molecule has 3 heteroatoms. The van der Waals surface area contributed by atoms with Crippen LogP contribution in [-0.4, -0.2) is 44.1 Å². The summed E-state index contributed by atoms with van der Waals surface area (Å²) in [6, 6.07) is 0. The van der Waals surface area contributed by atoms with Gasteiger partial charge in [0.2, 0.25) is 0 Å². The van der Waals surface area contributed by atoms with Crippen molar-refractivity contribution in [1.82, 2.24) is 4.90 Å². The van der Waals surface area contributed by atoms with Gasteiger partial charge in [-0.3, -0.25) is 0 Å². The van der Waals surface area contributed by atoms with Crippen LogP contribution in [0.3, 0.4) is 0 Å². The second kappa shape index (κ2) is 7.49. The van der Waals surface area contributed by atoms with Gasteiger partial charge in [-0.2, -0.15) is 0 Å². The second-order valence-corrected chi connectivity index (χ2v) is 4.57. The third-order valence-corrected chi connectivity index (χ3v) is 3.20. The Morgan fingerprint density at radius 3 is 2.64 bits per heavy atom. The van der Waals surface area contributed by atoms with E-state index in [0.29, 0.717) is 0 Å². The average Bonchev–Trinajstić information content (AvgIpc) is 2.25. The largest absolute Gasteiger partial charge is 0.381 e. The molecule has 0 amide bonds. The SMILES string of the molecule is CN(CCCCl)CCC1CCOCC1. The minimum Gasteiger partial charge on any atom is -0.381 e. The van der Waals surface area contributed by atoms with Crippen LogP contribution in [0.15, 0.2) is 0 Å². The molecule has 1 rings (SSSR count). The molecule has 0 spiro atoms. The Balaban J connectivity index is 2.00. The molecule has 0 aromatic carbocycles. The molecule has 0 bridgehead atoms. The van der Waals surface area contributed by atoms with Gasteiger partial charge in [-0.05, 0) is 51.7 Å². The van der Waals surface area contributed by atoms with Crippen LogP contribution in [-0.2, 0) is 4.74 Å². The predicted molar refractivity (Wildman–Crippen MR) is 61.0 cm³/mol. The first-order valence-electron chi connectivity index (χ1n) is 5.65. The van der Waals surface area contributed by atoms with Gasteiger partial charge in [-0.1, -0.05) is 0 Å². The van der Waals surface area contributed by atoms with Gasteiger partial charge >= 0.3 is 0 Å². The number of rotatable bonds is 6. The Morgan fingerprint density at radius 1 is 1.29 bits per heavy atom. The quantitative estimate of drug-likeness (QED) is 0.636. The van der Waals surface area contributed by atoms with Gasteiger partial charge in [0.25, 0.3) is 0 Å². The van der Waals surface area contributed by atoms with Crippen molar-refractivity contribution < 1.29 is 4.74 Å². The van der Waals surface area contributed by atoms with Gasteiger partial charge in [-0.25, -0.2) is 0 Å². The Hall–Kier alpha value is 0.210. The maximum absolute atomic E-state index is 5.65. The van der Waals surface area contributed by atoms with E-state index in [9.17, 15) is 0 Å². The topological polar surface area (TPSA) is 12.5 Å². The van der Waals surface area contributed by atoms with Crippen molar-refractivity contribution in [3.63, 3.8) is 0 Å². The number of halogens is 1. The third kappa shape index (κ3) is 5.18. The number of hydrogen-bond donors (Lipinski definition) is 0. The van der Waals surface area contributed by atoms with Crippen molar-refractivity contribution in [3.8, 4) is 0 Å². The van der Waals surface area contributed by atoms with Crippen LogP contribution in [0.2, 0.25) is 0 Å². The molecule has 0 atom stereocenters. The molecule has 0 saturated carbocycles. The first-order valence-corrected chi connectivity index (χ1v) is 6.18. The summed E-state index contributed by atoms with van der Waals surface area (Å²) < 4.78 is 5.34. The lowest BCUT2D eigenvalue weighted by atomic mass is 9.96. The highest BCUT2D eigenvalue weighted by Crippen LogP contribution is 2.18. The van der Waals surface area contributed by atoms with Crippen LogP contribution in [0, 0.1) is 5.92 Å². The zero-order chi connectivity index (χ0) is 10.2. The van der Waals surface area contributed by atoms with Crippen LogP contribution in [0.1, 0.15) is 25.7 Å². The molecule has 2 nitrogen and oxygen atoms in total. The normalized spacial score (nSPS) is 19.1. The van der Waals surface area contributed by atoms with E-state index < -0.39 is 0 Å². The third-order valence-electron chi connectivity index (χ3n) is 2.93. The van der Waals surface area contributed by atoms with Crippen molar-refractivity contribution >= 4 is 11.6 Å². The van der Waals surface area contributed by atoms with E-state index in [1.54, 1.807) is 0 Å². The molecule has 0 aliphatic carbocycles. The summed E-state index contributed by atoms with van der Waals surface area (Å²) in [7, 11) is 2.19. The molecule has 1 aliphatic rings. The van der Waals surface area contributed by atoms with Gasteiger partial charge in [0.1, 0.15) is 0 Å². The van der Waals surface area contributed by atoms with E-state index in [1.165, 1.54) is 25.8 Å². The molecule has 14 heavy (non-hydrogen) atoms. The Bertz CT molecular complexity index is 137. The number of nitrogens with zero attached hydrogens (tertiary/aromatic N) is 1. The minimum absolute atomic E-state index is 0.779. The van der Waals surface area contributed by atoms with Crippen molar-refractivity contribution in [2.45, 2.75) is 25.7 Å². The smallest absolute Gasteiger partial charge is 0.0468 e. The van der Waals surface area contributed by atoms with Gasteiger partial charge < -0.3 is 9.64 Å². The van der Waals surface area contributed by atoms with Gasteiger partial charge in [0.15, 0.2) is 0 Å². The van der Waals surface area contributed by atoms with Crippen LogP contribution in [0.5, 0.6) is 0 Å². The summed E-state index contributed by atoms with van der Waals surface area (Å²) in [4.78, 5) is 2.39. The van der Waals surface area contributed by atoms with Crippen molar-refractivity contribution in [3.05, 3.63) is 0 Å². The fraction of sp³-hybridized carbons (Fsp3) is 1.00. The van der Waals surface area contributed by atoms with E-state index in [-0.39, 0.29) is 0 Å². The Morgan fingerprint density at radius 2 is 2.00 bits per heavy atom. The van der Waals surface area contributed by atoms with E-state index in [1.807, 2.05) is 0 Å². The average molecular weight is 220 g/mol. The predicted octanol–water partition coefficient (Wildman–Crippen LogP) is 2.36. The zero-order valence-corrected chi connectivity index (χ0v) is 9.93. The van der Waals surface area contributed by atoms with Crippen LogP contribution in [0.25, 0.3) is 0 Å². The maximum atomic E-state index is 5.65. The molecule has 0 unspecified atom stereocenters. The van der Waals surface area contributed by atoms with Crippen molar-refractivity contribution in [2.24, 2.45) is 5.92 Å². The summed E-state index contributed by atoms with van der Waals surface area (Å²) in [5.74, 6) is 1.67. The molecule has 0 aromatic heterocycles. The highest BCUT2D eigenvalue weighted by molar-refractivity contribution is 6.17. The molecule has 84 valence electrons. The molecular weight excluding hydrogens is 198 g/mol. The molecule has 1 fully saturated rings.